The van der Waals surface area contributed by atoms with E-state index in [0.717, 1.165) is 10.4 Å². The summed E-state index contributed by atoms with van der Waals surface area (Å²) in [5, 5.41) is 12.1. The van der Waals surface area contributed by atoms with Crippen LogP contribution in [0.2, 0.25) is 0 Å². The van der Waals surface area contributed by atoms with Crippen LogP contribution in [0.1, 0.15) is 10.4 Å². The third kappa shape index (κ3) is 0.537. The van der Waals surface area contributed by atoms with Crippen LogP contribution in [0, 0.1) is 10.1 Å². The zero-order chi connectivity index (χ0) is 7.14. The molecular formula is C6H3NO2S. The van der Waals surface area contributed by atoms with Gasteiger partial charge in [0.05, 0.1) is 10.5 Å². The van der Waals surface area contributed by atoms with E-state index < -0.39 is 0 Å². The molecule has 0 unspecified atom stereocenters. The van der Waals surface area contributed by atoms with Crippen molar-refractivity contribution in [2.24, 2.45) is 0 Å². The molecular weight excluding hydrogens is 150 g/mol. The molecule has 1 aliphatic rings. The molecule has 1 aromatic rings. The molecule has 1 heterocycles. The predicted octanol–water partition coefficient (Wildman–Crippen LogP) is 2.14. The van der Waals surface area contributed by atoms with E-state index in [9.17, 15) is 10.1 Å². The first-order valence-electron chi connectivity index (χ1n) is 2.73. The number of nitrogens with zero attached hydrogens (tertiary/aromatic N) is 1. The molecule has 2 rings (SSSR count). The van der Waals surface area contributed by atoms with Gasteiger partial charge in [-0.05, 0) is 12.2 Å². The van der Waals surface area contributed by atoms with Gasteiger partial charge in [-0.2, -0.15) is 0 Å². The summed E-state index contributed by atoms with van der Waals surface area (Å²) in [6.45, 7) is 0. The van der Waals surface area contributed by atoms with Crippen molar-refractivity contribution >= 4 is 29.2 Å². The van der Waals surface area contributed by atoms with Crippen LogP contribution >= 0.6 is 11.3 Å². The van der Waals surface area contributed by atoms with Crippen LogP contribution in [0.3, 0.4) is 0 Å². The van der Waals surface area contributed by atoms with Gasteiger partial charge in [0.2, 0.25) is 0 Å². The van der Waals surface area contributed by atoms with E-state index in [1.54, 1.807) is 17.5 Å². The Morgan fingerprint density at radius 1 is 1.50 bits per heavy atom. The maximum atomic E-state index is 10.3. The molecule has 0 spiro atoms. The Labute approximate surface area is 60.8 Å². The van der Waals surface area contributed by atoms with Crippen LogP contribution in [0.4, 0.5) is 5.69 Å². The maximum Gasteiger partial charge on any atom is 0.294 e. The van der Waals surface area contributed by atoms with Crippen molar-refractivity contribution in [1.82, 2.24) is 0 Å². The molecule has 3 nitrogen and oxygen atoms in total. The lowest BCUT2D eigenvalue weighted by atomic mass is 10.3. The first kappa shape index (κ1) is 5.61. The highest BCUT2D eigenvalue weighted by Gasteiger charge is 2.23. The minimum absolute atomic E-state index is 0.269. The normalized spacial score (nSPS) is 12.4. The molecule has 0 amide bonds. The molecule has 0 fully saturated rings. The third-order valence-corrected chi connectivity index (χ3v) is 2.37. The second kappa shape index (κ2) is 1.67. The summed E-state index contributed by atoms with van der Waals surface area (Å²) in [5.74, 6) is 0. The van der Waals surface area contributed by atoms with Gasteiger partial charge in [-0.1, -0.05) is 0 Å². The quantitative estimate of drug-likeness (QED) is 0.465. The van der Waals surface area contributed by atoms with Gasteiger partial charge < -0.3 is 0 Å². The zero-order valence-corrected chi connectivity index (χ0v) is 5.72. The van der Waals surface area contributed by atoms with Crippen molar-refractivity contribution in [2.75, 3.05) is 0 Å². The lowest BCUT2D eigenvalue weighted by molar-refractivity contribution is -0.384. The zero-order valence-electron chi connectivity index (χ0n) is 4.90. The number of fused-ring (bicyclic) bond motifs is 2. The van der Waals surface area contributed by atoms with E-state index in [1.165, 1.54) is 11.3 Å². The van der Waals surface area contributed by atoms with Gasteiger partial charge in [-0.15, -0.1) is 11.3 Å². The standard InChI is InChI=1S/C6H3NO2S/c8-7(9)6-4-1-2-5(6)10-3-4/h1-3H. The Hall–Kier alpha value is -1.16. The smallest absolute Gasteiger partial charge is 0.258 e. The highest BCUT2D eigenvalue weighted by atomic mass is 32.1. The van der Waals surface area contributed by atoms with Gasteiger partial charge in [0.15, 0.2) is 0 Å². The molecule has 0 saturated carbocycles. The van der Waals surface area contributed by atoms with Crippen molar-refractivity contribution in [3.8, 4) is 0 Å². The average molecular weight is 153 g/mol. The van der Waals surface area contributed by atoms with Gasteiger partial charge in [0, 0.05) is 5.38 Å². The van der Waals surface area contributed by atoms with Gasteiger partial charge in [-0.25, -0.2) is 0 Å². The summed E-state index contributed by atoms with van der Waals surface area (Å²) in [6, 6.07) is 0. The number of nitro groups is 1. The first-order valence-corrected chi connectivity index (χ1v) is 3.61. The monoisotopic (exact) mass is 153 g/mol. The van der Waals surface area contributed by atoms with E-state index in [1.807, 2.05) is 0 Å². The molecule has 0 aromatic carbocycles. The average Bonchev–Trinajstić information content (AvgIpc) is 2.43. The second-order valence-corrected chi connectivity index (χ2v) is 2.91. The highest BCUT2D eigenvalue weighted by Crippen LogP contribution is 2.38. The Morgan fingerprint density at radius 3 is 2.50 bits per heavy atom. The number of hydrogen-bond donors (Lipinski definition) is 0. The summed E-state index contributed by atoms with van der Waals surface area (Å²) in [6.07, 6.45) is 3.54. The fraction of sp³-hybridized carbons (Fsp3) is 0. The van der Waals surface area contributed by atoms with Crippen molar-refractivity contribution in [2.45, 2.75) is 0 Å². The van der Waals surface area contributed by atoms with Crippen LogP contribution in [0.25, 0.3) is 12.2 Å². The van der Waals surface area contributed by atoms with Gasteiger partial charge >= 0.3 is 0 Å². The Bertz CT molecular complexity index is 303. The molecule has 50 valence electrons. The SMILES string of the molecule is O=[N+]([O-])c1c2csc1C=C2. The van der Waals surface area contributed by atoms with E-state index in [0.29, 0.717) is 0 Å². The van der Waals surface area contributed by atoms with Gasteiger partial charge in [0.25, 0.3) is 5.69 Å². The third-order valence-electron chi connectivity index (χ3n) is 1.42. The first-order chi connectivity index (χ1) is 4.79. The molecule has 2 bridgehead atoms. The molecule has 0 saturated heterocycles. The van der Waals surface area contributed by atoms with Crippen molar-refractivity contribution in [3.63, 3.8) is 0 Å². The Morgan fingerprint density at radius 2 is 2.30 bits per heavy atom. The van der Waals surface area contributed by atoms with Gasteiger partial charge in [-0.3, -0.25) is 10.1 Å². The van der Waals surface area contributed by atoms with E-state index in [-0.39, 0.29) is 10.6 Å². The minimum atomic E-state index is -0.332. The Kier molecular flexibility index (Phi) is 0.935. The topological polar surface area (TPSA) is 43.1 Å². The summed E-state index contributed by atoms with van der Waals surface area (Å²) in [7, 11) is 0. The molecule has 0 atom stereocenters. The van der Waals surface area contributed by atoms with E-state index in [2.05, 4.69) is 0 Å². The summed E-state index contributed by atoms with van der Waals surface area (Å²) >= 11 is 1.42. The van der Waals surface area contributed by atoms with Crippen LogP contribution < -0.4 is 0 Å². The maximum absolute atomic E-state index is 10.3. The Balaban J connectivity index is 2.67. The van der Waals surface area contributed by atoms with Crippen LogP contribution in [0.5, 0.6) is 0 Å². The number of rotatable bonds is 1. The van der Waals surface area contributed by atoms with Crippen LogP contribution in [-0.2, 0) is 0 Å². The second-order valence-electron chi connectivity index (χ2n) is 1.99. The lowest BCUT2D eigenvalue weighted by Gasteiger charge is -1.83. The van der Waals surface area contributed by atoms with E-state index in [4.69, 9.17) is 0 Å². The lowest BCUT2D eigenvalue weighted by Crippen LogP contribution is -1.86. The number of thiophene rings is 1. The predicted molar refractivity (Wildman–Crippen MR) is 39.9 cm³/mol. The minimum Gasteiger partial charge on any atom is -0.258 e. The molecule has 1 aliphatic carbocycles. The molecule has 0 N–H and O–H groups in total. The van der Waals surface area contributed by atoms with Crippen LogP contribution in [0.15, 0.2) is 5.38 Å². The fourth-order valence-electron chi connectivity index (χ4n) is 0.978. The van der Waals surface area contributed by atoms with Crippen molar-refractivity contribution in [1.29, 1.82) is 0 Å². The van der Waals surface area contributed by atoms with Crippen molar-refractivity contribution < 1.29 is 4.92 Å². The van der Waals surface area contributed by atoms with E-state index >= 15 is 0 Å². The molecule has 10 heavy (non-hydrogen) atoms. The summed E-state index contributed by atoms with van der Waals surface area (Å²) in [5.41, 5.74) is 1.01. The fourth-order valence-corrected chi connectivity index (χ4v) is 1.87. The highest BCUT2D eigenvalue weighted by molar-refractivity contribution is 7.12. The van der Waals surface area contributed by atoms with Crippen molar-refractivity contribution in [3.05, 3.63) is 25.9 Å². The van der Waals surface area contributed by atoms with Gasteiger partial charge in [0.1, 0.15) is 4.88 Å². The molecule has 1 aromatic heterocycles. The molecule has 4 heteroatoms. The molecule has 0 radical (unpaired) electrons. The summed E-state index contributed by atoms with van der Waals surface area (Å²) in [4.78, 5) is 10.7. The number of hydrogen-bond acceptors (Lipinski definition) is 3. The summed E-state index contributed by atoms with van der Waals surface area (Å²) < 4.78 is 0. The molecule has 0 aliphatic heterocycles. The largest absolute Gasteiger partial charge is 0.294 e. The van der Waals surface area contributed by atoms with Crippen LogP contribution in [-0.4, -0.2) is 4.92 Å².